The fourth-order valence-corrected chi connectivity index (χ4v) is 3.58. The molecule has 16 heavy (non-hydrogen) atoms. The summed E-state index contributed by atoms with van der Waals surface area (Å²) in [6.45, 7) is 2.51. The number of carbonyl (C=O) groups excluding carboxylic acids is 1. The Bertz CT molecular complexity index is 377. The number of aryl methyl sites for hydroxylation is 1. The SMILES string of the molecule is Cc1ccsc1C(=O)C1(CN)CCCCC1. The minimum atomic E-state index is -0.256. The van der Waals surface area contributed by atoms with Crippen molar-refractivity contribution in [2.24, 2.45) is 11.1 Å². The first kappa shape index (κ1) is 11.8. The number of hydrogen-bond donors (Lipinski definition) is 1. The van der Waals surface area contributed by atoms with Crippen molar-refractivity contribution in [1.29, 1.82) is 0 Å². The number of rotatable bonds is 3. The van der Waals surface area contributed by atoms with Crippen LogP contribution in [0.3, 0.4) is 0 Å². The zero-order valence-corrected chi connectivity index (χ0v) is 10.6. The lowest BCUT2D eigenvalue weighted by molar-refractivity contribution is 0.0733. The number of carbonyl (C=O) groups is 1. The Balaban J connectivity index is 2.28. The highest BCUT2D eigenvalue weighted by atomic mass is 32.1. The van der Waals surface area contributed by atoms with Crippen molar-refractivity contribution in [2.45, 2.75) is 39.0 Å². The molecule has 2 nitrogen and oxygen atoms in total. The van der Waals surface area contributed by atoms with Gasteiger partial charge in [0.1, 0.15) is 0 Å². The molecule has 0 radical (unpaired) electrons. The van der Waals surface area contributed by atoms with E-state index in [0.717, 1.165) is 36.1 Å². The molecule has 1 heterocycles. The number of nitrogens with two attached hydrogens (primary N) is 1. The maximum Gasteiger partial charge on any atom is 0.180 e. The summed E-state index contributed by atoms with van der Waals surface area (Å²) < 4.78 is 0. The van der Waals surface area contributed by atoms with Gasteiger partial charge < -0.3 is 5.73 Å². The lowest BCUT2D eigenvalue weighted by Crippen LogP contribution is -2.40. The second-order valence-electron chi connectivity index (χ2n) is 4.81. The Hall–Kier alpha value is -0.670. The van der Waals surface area contributed by atoms with Crippen LogP contribution in [0.1, 0.15) is 47.3 Å². The van der Waals surface area contributed by atoms with E-state index < -0.39 is 0 Å². The Morgan fingerprint density at radius 2 is 2.12 bits per heavy atom. The smallest absolute Gasteiger partial charge is 0.180 e. The highest BCUT2D eigenvalue weighted by Crippen LogP contribution is 2.39. The van der Waals surface area contributed by atoms with E-state index in [2.05, 4.69) is 0 Å². The standard InChI is InChI=1S/C13H19NOS/c1-10-5-8-16-11(10)12(15)13(9-14)6-3-2-4-7-13/h5,8H,2-4,6-7,9,14H2,1H3. The van der Waals surface area contributed by atoms with Gasteiger partial charge in [0.2, 0.25) is 0 Å². The Morgan fingerprint density at radius 1 is 1.44 bits per heavy atom. The summed E-state index contributed by atoms with van der Waals surface area (Å²) in [5.74, 6) is 0.294. The molecule has 0 atom stereocenters. The molecular formula is C13H19NOS. The number of thiophene rings is 1. The van der Waals surface area contributed by atoms with Crippen molar-refractivity contribution in [3.63, 3.8) is 0 Å². The second kappa shape index (κ2) is 4.68. The van der Waals surface area contributed by atoms with Crippen LogP contribution in [0.2, 0.25) is 0 Å². The van der Waals surface area contributed by atoms with Crippen LogP contribution in [0.4, 0.5) is 0 Å². The van der Waals surface area contributed by atoms with Crippen molar-refractivity contribution < 1.29 is 4.79 Å². The molecule has 0 aliphatic heterocycles. The van der Waals surface area contributed by atoms with E-state index in [9.17, 15) is 4.79 Å². The van der Waals surface area contributed by atoms with Crippen LogP contribution in [-0.2, 0) is 0 Å². The van der Waals surface area contributed by atoms with E-state index in [4.69, 9.17) is 5.73 Å². The van der Waals surface area contributed by atoms with Gasteiger partial charge in [-0.05, 0) is 36.8 Å². The van der Waals surface area contributed by atoms with Gasteiger partial charge in [0, 0.05) is 12.0 Å². The molecule has 1 fully saturated rings. The molecule has 2 rings (SSSR count). The first-order chi connectivity index (χ1) is 7.69. The molecule has 0 unspecified atom stereocenters. The Morgan fingerprint density at radius 3 is 2.62 bits per heavy atom. The predicted molar refractivity (Wildman–Crippen MR) is 68.0 cm³/mol. The molecule has 0 aromatic carbocycles. The number of hydrogen-bond acceptors (Lipinski definition) is 3. The van der Waals surface area contributed by atoms with Crippen LogP contribution >= 0.6 is 11.3 Å². The van der Waals surface area contributed by atoms with Gasteiger partial charge in [-0.2, -0.15) is 0 Å². The molecule has 1 aliphatic carbocycles. The van der Waals surface area contributed by atoms with Crippen molar-refractivity contribution in [2.75, 3.05) is 6.54 Å². The van der Waals surface area contributed by atoms with Crippen molar-refractivity contribution in [3.8, 4) is 0 Å². The fourth-order valence-electron chi connectivity index (χ4n) is 2.60. The van der Waals surface area contributed by atoms with Crippen LogP contribution in [0.15, 0.2) is 11.4 Å². The van der Waals surface area contributed by atoms with E-state index in [1.54, 1.807) is 11.3 Å². The molecule has 1 aromatic heterocycles. The van der Waals surface area contributed by atoms with E-state index >= 15 is 0 Å². The zero-order valence-electron chi connectivity index (χ0n) is 9.79. The van der Waals surface area contributed by atoms with E-state index in [-0.39, 0.29) is 5.41 Å². The van der Waals surface area contributed by atoms with E-state index in [1.807, 2.05) is 18.4 Å². The molecule has 88 valence electrons. The molecule has 1 aliphatic rings. The van der Waals surface area contributed by atoms with Crippen molar-refractivity contribution >= 4 is 17.1 Å². The maximum absolute atomic E-state index is 12.6. The molecule has 1 aromatic rings. The predicted octanol–water partition coefficient (Wildman–Crippen LogP) is 3.15. The maximum atomic E-state index is 12.6. The summed E-state index contributed by atoms with van der Waals surface area (Å²) >= 11 is 1.56. The summed E-state index contributed by atoms with van der Waals surface area (Å²) in [6.07, 6.45) is 5.48. The molecule has 2 N–H and O–H groups in total. The van der Waals surface area contributed by atoms with Gasteiger partial charge in [0.25, 0.3) is 0 Å². The van der Waals surface area contributed by atoms with Gasteiger partial charge in [0.05, 0.1) is 4.88 Å². The molecule has 0 bridgehead atoms. The van der Waals surface area contributed by atoms with Gasteiger partial charge in [-0.3, -0.25) is 4.79 Å². The van der Waals surface area contributed by atoms with Gasteiger partial charge >= 0.3 is 0 Å². The molecule has 0 spiro atoms. The third kappa shape index (κ3) is 1.94. The monoisotopic (exact) mass is 237 g/mol. The van der Waals surface area contributed by atoms with Gasteiger partial charge in [-0.25, -0.2) is 0 Å². The molecular weight excluding hydrogens is 218 g/mol. The minimum Gasteiger partial charge on any atom is -0.329 e. The average molecular weight is 237 g/mol. The van der Waals surface area contributed by atoms with E-state index in [1.165, 1.54) is 6.42 Å². The molecule has 0 amide bonds. The van der Waals surface area contributed by atoms with Crippen LogP contribution in [0.25, 0.3) is 0 Å². The summed E-state index contributed by atoms with van der Waals surface area (Å²) in [4.78, 5) is 13.5. The number of ketones is 1. The topological polar surface area (TPSA) is 43.1 Å². The highest BCUT2D eigenvalue weighted by molar-refractivity contribution is 7.12. The normalized spacial score (nSPS) is 19.6. The summed E-state index contributed by atoms with van der Waals surface area (Å²) in [5, 5.41) is 2.00. The summed E-state index contributed by atoms with van der Waals surface area (Å²) in [7, 11) is 0. The first-order valence-electron chi connectivity index (χ1n) is 5.98. The van der Waals surface area contributed by atoms with E-state index in [0.29, 0.717) is 12.3 Å². The highest BCUT2D eigenvalue weighted by Gasteiger charge is 2.39. The largest absolute Gasteiger partial charge is 0.329 e. The van der Waals surface area contributed by atoms with Crippen molar-refractivity contribution in [1.82, 2.24) is 0 Å². The second-order valence-corrected chi connectivity index (χ2v) is 5.72. The quantitative estimate of drug-likeness (QED) is 0.821. The molecule has 3 heteroatoms. The molecule has 1 saturated carbocycles. The van der Waals surface area contributed by atoms with Gasteiger partial charge in [-0.1, -0.05) is 19.3 Å². The van der Waals surface area contributed by atoms with Crippen LogP contribution in [-0.4, -0.2) is 12.3 Å². The van der Waals surface area contributed by atoms with Gasteiger partial charge in [0.15, 0.2) is 5.78 Å². The third-order valence-electron chi connectivity index (χ3n) is 3.75. The van der Waals surface area contributed by atoms with Gasteiger partial charge in [-0.15, -0.1) is 11.3 Å². The fraction of sp³-hybridized carbons (Fsp3) is 0.615. The van der Waals surface area contributed by atoms with Crippen LogP contribution in [0, 0.1) is 12.3 Å². The summed E-state index contributed by atoms with van der Waals surface area (Å²) in [5.41, 5.74) is 6.73. The number of Topliss-reactive ketones (excluding diaryl/α,β-unsaturated/α-hetero) is 1. The first-order valence-corrected chi connectivity index (χ1v) is 6.86. The summed E-state index contributed by atoms with van der Waals surface area (Å²) in [6, 6.07) is 2.02. The Labute approximate surface area is 101 Å². The molecule has 0 saturated heterocycles. The third-order valence-corrected chi connectivity index (χ3v) is 4.77. The average Bonchev–Trinajstić information content (AvgIpc) is 2.75. The minimum absolute atomic E-state index is 0.256. The zero-order chi connectivity index (χ0) is 11.6. The van der Waals surface area contributed by atoms with Crippen LogP contribution < -0.4 is 5.73 Å². The van der Waals surface area contributed by atoms with Crippen molar-refractivity contribution in [3.05, 3.63) is 21.9 Å². The van der Waals surface area contributed by atoms with Crippen LogP contribution in [0.5, 0.6) is 0 Å². The lowest BCUT2D eigenvalue weighted by Gasteiger charge is -2.34. The Kier molecular flexibility index (Phi) is 3.45. The lowest BCUT2D eigenvalue weighted by atomic mass is 9.70.